The molecule has 1 N–H and O–H groups in total. The molecular formula is C28H38ClFN4O3. The van der Waals surface area contributed by atoms with Gasteiger partial charge in [-0.15, -0.1) is 12.4 Å². The number of nitrogens with zero attached hydrogens (tertiary/aromatic N) is 3. The van der Waals surface area contributed by atoms with E-state index in [1.54, 1.807) is 12.1 Å². The number of urea groups is 1. The average Bonchev–Trinajstić information content (AvgIpc) is 3.28. The minimum Gasteiger partial charge on any atom is -0.491 e. The summed E-state index contributed by atoms with van der Waals surface area (Å²) in [5.74, 6) is 0.590. The lowest BCUT2D eigenvalue weighted by molar-refractivity contribution is -0.134. The highest BCUT2D eigenvalue weighted by molar-refractivity contribution is 5.85. The normalized spacial score (nSPS) is 16.4. The van der Waals surface area contributed by atoms with Crippen LogP contribution in [0.15, 0.2) is 48.5 Å². The second-order valence-corrected chi connectivity index (χ2v) is 9.93. The monoisotopic (exact) mass is 532 g/mol. The van der Waals surface area contributed by atoms with Gasteiger partial charge in [0.05, 0.1) is 12.5 Å². The largest absolute Gasteiger partial charge is 0.491 e. The van der Waals surface area contributed by atoms with Gasteiger partial charge < -0.3 is 24.8 Å². The van der Waals surface area contributed by atoms with Crippen LogP contribution in [0.2, 0.25) is 0 Å². The number of hydrogen-bond donors (Lipinski definition) is 1. The van der Waals surface area contributed by atoms with Gasteiger partial charge in [0, 0.05) is 51.9 Å². The molecular weight excluding hydrogens is 495 g/mol. The van der Waals surface area contributed by atoms with Crippen molar-refractivity contribution < 1.29 is 18.7 Å². The predicted octanol–water partition coefficient (Wildman–Crippen LogP) is 4.10. The van der Waals surface area contributed by atoms with Crippen LogP contribution in [0.3, 0.4) is 0 Å². The lowest BCUT2D eigenvalue weighted by Gasteiger charge is -2.39. The van der Waals surface area contributed by atoms with Crippen LogP contribution >= 0.6 is 12.4 Å². The van der Waals surface area contributed by atoms with Crippen molar-refractivity contribution in [3.8, 4) is 5.75 Å². The molecule has 3 amide bonds. The number of likely N-dealkylation sites (tertiary alicyclic amines) is 1. The van der Waals surface area contributed by atoms with Crippen LogP contribution < -0.4 is 10.1 Å². The van der Waals surface area contributed by atoms with Crippen molar-refractivity contribution in [1.82, 2.24) is 20.0 Å². The van der Waals surface area contributed by atoms with Gasteiger partial charge in [-0.1, -0.05) is 24.3 Å². The van der Waals surface area contributed by atoms with Gasteiger partial charge in [0.25, 0.3) is 0 Å². The molecule has 0 bridgehead atoms. The molecule has 2 saturated heterocycles. The molecule has 202 valence electrons. The Bertz CT molecular complexity index is 1010. The minimum atomic E-state index is -0.277. The molecule has 0 spiro atoms. The molecule has 0 saturated carbocycles. The van der Waals surface area contributed by atoms with Crippen LogP contribution in [0.1, 0.15) is 37.8 Å². The van der Waals surface area contributed by atoms with Crippen LogP contribution in [-0.2, 0) is 17.8 Å². The van der Waals surface area contributed by atoms with Crippen LogP contribution in [0.4, 0.5) is 9.18 Å². The van der Waals surface area contributed by atoms with Crippen molar-refractivity contribution in [2.75, 3.05) is 39.3 Å². The van der Waals surface area contributed by atoms with Crippen LogP contribution in [0.5, 0.6) is 5.75 Å². The molecule has 2 heterocycles. The third-order valence-electron chi connectivity index (χ3n) is 6.87. The highest BCUT2D eigenvalue weighted by atomic mass is 35.5. The number of amides is 3. The summed E-state index contributed by atoms with van der Waals surface area (Å²) in [5.41, 5.74) is 1.87. The van der Waals surface area contributed by atoms with Crippen molar-refractivity contribution in [1.29, 1.82) is 0 Å². The van der Waals surface area contributed by atoms with Gasteiger partial charge in [-0.05, 0) is 62.1 Å². The molecule has 2 aromatic carbocycles. The van der Waals surface area contributed by atoms with E-state index in [1.165, 1.54) is 12.1 Å². The Morgan fingerprint density at radius 2 is 1.68 bits per heavy atom. The lowest BCUT2D eigenvalue weighted by atomic mass is 10.0. The van der Waals surface area contributed by atoms with E-state index in [-0.39, 0.29) is 42.3 Å². The Kier molecular flexibility index (Phi) is 10.6. The molecule has 0 aliphatic carbocycles. The van der Waals surface area contributed by atoms with Gasteiger partial charge in [-0.25, -0.2) is 9.18 Å². The predicted molar refractivity (Wildman–Crippen MR) is 145 cm³/mol. The Morgan fingerprint density at radius 1 is 1.03 bits per heavy atom. The lowest BCUT2D eigenvalue weighted by Crippen LogP contribution is -2.48. The molecule has 2 aliphatic heterocycles. The van der Waals surface area contributed by atoms with Crippen LogP contribution in [0, 0.1) is 5.82 Å². The van der Waals surface area contributed by atoms with E-state index < -0.39 is 0 Å². The second-order valence-electron chi connectivity index (χ2n) is 9.93. The molecule has 4 rings (SSSR count). The minimum absolute atomic E-state index is 0. The van der Waals surface area contributed by atoms with Crippen molar-refractivity contribution in [3.05, 3.63) is 65.5 Å². The summed E-state index contributed by atoms with van der Waals surface area (Å²) in [7, 11) is 0. The van der Waals surface area contributed by atoms with Crippen molar-refractivity contribution in [2.45, 2.75) is 51.8 Å². The molecule has 7 nitrogen and oxygen atoms in total. The number of carbonyl (C=O) groups excluding carboxylic acids is 2. The van der Waals surface area contributed by atoms with Gasteiger partial charge in [-0.3, -0.25) is 4.79 Å². The van der Waals surface area contributed by atoms with E-state index in [2.05, 4.69) is 10.2 Å². The SMILES string of the molecule is CC(C)Oc1ccc(CC(=O)N(Cc2ccc(F)cc2)C2CCN(CCN3CCNC3=O)CC2)cc1.Cl. The smallest absolute Gasteiger partial charge is 0.317 e. The topological polar surface area (TPSA) is 65.1 Å². The third kappa shape index (κ3) is 8.33. The fraction of sp³-hybridized carbons (Fsp3) is 0.500. The van der Waals surface area contributed by atoms with E-state index >= 15 is 0 Å². The van der Waals surface area contributed by atoms with E-state index in [0.717, 1.165) is 69.0 Å². The molecule has 37 heavy (non-hydrogen) atoms. The van der Waals surface area contributed by atoms with Crippen molar-refractivity contribution in [3.63, 3.8) is 0 Å². The van der Waals surface area contributed by atoms with Gasteiger partial charge in [-0.2, -0.15) is 0 Å². The summed E-state index contributed by atoms with van der Waals surface area (Å²) >= 11 is 0. The van der Waals surface area contributed by atoms with Crippen LogP contribution in [0.25, 0.3) is 0 Å². The maximum atomic E-state index is 13.5. The zero-order valence-electron chi connectivity index (χ0n) is 21.7. The average molecular weight is 533 g/mol. The Balaban J connectivity index is 0.00000380. The zero-order chi connectivity index (χ0) is 25.5. The summed E-state index contributed by atoms with van der Waals surface area (Å²) in [6, 6.07) is 14.3. The fourth-order valence-electron chi connectivity index (χ4n) is 4.88. The zero-order valence-corrected chi connectivity index (χ0v) is 22.5. The summed E-state index contributed by atoms with van der Waals surface area (Å²) < 4.78 is 19.2. The molecule has 0 unspecified atom stereocenters. The van der Waals surface area contributed by atoms with E-state index in [9.17, 15) is 14.0 Å². The molecule has 9 heteroatoms. The quantitative estimate of drug-likeness (QED) is 0.500. The van der Waals surface area contributed by atoms with E-state index in [4.69, 9.17) is 4.74 Å². The number of hydrogen-bond acceptors (Lipinski definition) is 4. The standard InChI is InChI=1S/C28H37FN4O3.ClH/c1-21(2)36-26-9-5-22(6-10-26)19-27(34)33(20-23-3-7-24(29)8-4-23)25-11-14-31(15-12-25)17-18-32-16-13-30-28(32)35;/h3-10,21,25H,11-20H2,1-2H3,(H,30,35);1H. The summed E-state index contributed by atoms with van der Waals surface area (Å²) in [6.45, 7) is 9.25. The van der Waals surface area contributed by atoms with Crippen LogP contribution in [-0.4, -0.2) is 78.1 Å². The fourth-order valence-corrected chi connectivity index (χ4v) is 4.88. The maximum absolute atomic E-state index is 13.5. The summed E-state index contributed by atoms with van der Waals surface area (Å²) in [5, 5.41) is 2.84. The first-order valence-electron chi connectivity index (χ1n) is 12.9. The van der Waals surface area contributed by atoms with Gasteiger partial charge in [0.1, 0.15) is 11.6 Å². The number of carbonyl (C=O) groups is 2. The molecule has 0 atom stereocenters. The number of nitrogens with one attached hydrogen (secondary N) is 1. The van der Waals surface area contributed by atoms with Gasteiger partial charge in [0.2, 0.25) is 5.91 Å². The van der Waals surface area contributed by atoms with Gasteiger partial charge in [0.15, 0.2) is 0 Å². The highest BCUT2D eigenvalue weighted by Crippen LogP contribution is 2.22. The molecule has 0 radical (unpaired) electrons. The first-order valence-corrected chi connectivity index (χ1v) is 12.9. The number of benzene rings is 2. The van der Waals surface area contributed by atoms with E-state index in [0.29, 0.717) is 13.0 Å². The second kappa shape index (κ2) is 13.6. The first kappa shape index (κ1) is 28.7. The molecule has 2 fully saturated rings. The first-order chi connectivity index (χ1) is 17.4. The highest BCUT2D eigenvalue weighted by Gasteiger charge is 2.29. The van der Waals surface area contributed by atoms with E-state index in [1.807, 2.05) is 47.9 Å². The summed E-state index contributed by atoms with van der Waals surface area (Å²) in [4.78, 5) is 31.5. The van der Waals surface area contributed by atoms with Gasteiger partial charge >= 0.3 is 6.03 Å². The summed E-state index contributed by atoms with van der Waals surface area (Å²) in [6.07, 6.45) is 2.16. The Labute approximate surface area is 225 Å². The Hall–Kier alpha value is -2.84. The number of ether oxygens (including phenoxy) is 1. The molecule has 2 aromatic rings. The molecule has 2 aliphatic rings. The van der Waals surface area contributed by atoms with Crippen molar-refractivity contribution >= 4 is 24.3 Å². The Morgan fingerprint density at radius 3 is 2.27 bits per heavy atom. The third-order valence-corrected chi connectivity index (χ3v) is 6.87. The number of piperidine rings is 1. The maximum Gasteiger partial charge on any atom is 0.317 e. The molecule has 0 aromatic heterocycles. The number of halogens is 2. The van der Waals surface area contributed by atoms with Crippen molar-refractivity contribution in [2.24, 2.45) is 0 Å². The number of rotatable bonds is 10.